The molecule has 6 heteroatoms. The molecule has 0 radical (unpaired) electrons. The Morgan fingerprint density at radius 2 is 2.25 bits per heavy atom. The summed E-state index contributed by atoms with van der Waals surface area (Å²) in [5.74, 6) is -0.827. The SMILES string of the molecule is CCCC1(C(=O)O)CCCN(C(=O)c2ccc(Br)s2)C1. The van der Waals surface area contributed by atoms with Gasteiger partial charge in [0, 0.05) is 13.1 Å². The average molecular weight is 360 g/mol. The number of carboxylic acid groups (broad SMARTS) is 1. The highest BCUT2D eigenvalue weighted by atomic mass is 79.9. The predicted octanol–water partition coefficient (Wildman–Crippen LogP) is 3.62. The number of likely N-dealkylation sites (tertiary alicyclic amines) is 1. The van der Waals surface area contributed by atoms with Crippen LogP contribution < -0.4 is 0 Å². The van der Waals surface area contributed by atoms with Crippen molar-refractivity contribution in [1.82, 2.24) is 4.90 Å². The van der Waals surface area contributed by atoms with Crippen molar-refractivity contribution in [2.75, 3.05) is 13.1 Å². The van der Waals surface area contributed by atoms with Crippen LogP contribution in [0.15, 0.2) is 15.9 Å². The van der Waals surface area contributed by atoms with Crippen molar-refractivity contribution >= 4 is 39.1 Å². The zero-order valence-electron chi connectivity index (χ0n) is 11.4. The molecule has 1 unspecified atom stereocenters. The summed E-state index contributed by atoms with van der Waals surface area (Å²) in [6.45, 7) is 2.96. The third-order valence-corrected chi connectivity index (χ3v) is 5.44. The van der Waals surface area contributed by atoms with Gasteiger partial charge in [-0.05, 0) is 47.3 Å². The lowest BCUT2D eigenvalue weighted by molar-refractivity contribution is -0.152. The number of amides is 1. The Labute approximate surface area is 130 Å². The average Bonchev–Trinajstić information content (AvgIpc) is 2.85. The lowest BCUT2D eigenvalue weighted by Crippen LogP contribution is -2.49. The van der Waals surface area contributed by atoms with E-state index in [1.807, 2.05) is 13.0 Å². The summed E-state index contributed by atoms with van der Waals surface area (Å²) in [5.41, 5.74) is -0.767. The van der Waals surface area contributed by atoms with Gasteiger partial charge in [0.1, 0.15) is 0 Å². The number of thiophene rings is 1. The minimum absolute atomic E-state index is 0.0536. The Morgan fingerprint density at radius 1 is 1.50 bits per heavy atom. The molecule has 0 aromatic carbocycles. The molecule has 1 aliphatic heterocycles. The van der Waals surface area contributed by atoms with E-state index in [0.717, 1.165) is 16.6 Å². The molecule has 4 nitrogen and oxygen atoms in total. The Bertz CT molecular complexity index is 512. The lowest BCUT2D eigenvalue weighted by atomic mass is 9.76. The molecule has 2 rings (SSSR count). The number of aliphatic carboxylic acids is 1. The summed E-state index contributed by atoms with van der Waals surface area (Å²) in [4.78, 5) is 26.4. The van der Waals surface area contributed by atoms with Crippen LogP contribution in [0.4, 0.5) is 0 Å². The molecule has 1 aromatic rings. The number of hydrogen-bond acceptors (Lipinski definition) is 3. The first-order valence-electron chi connectivity index (χ1n) is 6.76. The third kappa shape index (κ3) is 3.06. The molecular formula is C14H18BrNO3S. The second kappa shape index (κ2) is 6.26. The summed E-state index contributed by atoms with van der Waals surface area (Å²) in [7, 11) is 0. The van der Waals surface area contributed by atoms with Gasteiger partial charge in [0.05, 0.1) is 14.1 Å². The zero-order chi connectivity index (χ0) is 14.8. The summed E-state index contributed by atoms with van der Waals surface area (Å²) in [6.07, 6.45) is 2.86. The molecule has 20 heavy (non-hydrogen) atoms. The monoisotopic (exact) mass is 359 g/mol. The van der Waals surface area contributed by atoms with Gasteiger partial charge in [-0.25, -0.2) is 0 Å². The highest BCUT2D eigenvalue weighted by Crippen LogP contribution is 2.36. The van der Waals surface area contributed by atoms with Crippen LogP contribution in [0.1, 0.15) is 42.3 Å². The predicted molar refractivity (Wildman–Crippen MR) is 82.1 cm³/mol. The Kier molecular flexibility index (Phi) is 4.86. The van der Waals surface area contributed by atoms with Gasteiger partial charge >= 0.3 is 5.97 Å². The van der Waals surface area contributed by atoms with E-state index in [9.17, 15) is 14.7 Å². The molecule has 0 aliphatic carbocycles. The number of carbonyl (C=O) groups excluding carboxylic acids is 1. The first kappa shape index (κ1) is 15.5. The summed E-state index contributed by atoms with van der Waals surface area (Å²) >= 11 is 4.74. The Morgan fingerprint density at radius 3 is 2.80 bits per heavy atom. The van der Waals surface area contributed by atoms with E-state index in [1.165, 1.54) is 11.3 Å². The summed E-state index contributed by atoms with van der Waals surface area (Å²) in [6, 6.07) is 3.63. The summed E-state index contributed by atoms with van der Waals surface area (Å²) in [5, 5.41) is 9.55. The van der Waals surface area contributed by atoms with Gasteiger partial charge in [-0.2, -0.15) is 0 Å². The molecule has 1 aliphatic rings. The van der Waals surface area contributed by atoms with Crippen molar-refractivity contribution < 1.29 is 14.7 Å². The quantitative estimate of drug-likeness (QED) is 0.892. The van der Waals surface area contributed by atoms with Crippen LogP contribution in [0.5, 0.6) is 0 Å². The maximum absolute atomic E-state index is 12.5. The van der Waals surface area contributed by atoms with E-state index in [4.69, 9.17) is 0 Å². The molecule has 1 saturated heterocycles. The van der Waals surface area contributed by atoms with Gasteiger partial charge in [-0.15, -0.1) is 11.3 Å². The Hall–Kier alpha value is -0.880. The fraction of sp³-hybridized carbons (Fsp3) is 0.571. The number of halogens is 1. The topological polar surface area (TPSA) is 57.6 Å². The first-order valence-corrected chi connectivity index (χ1v) is 8.37. The molecule has 110 valence electrons. The number of carboxylic acids is 1. The van der Waals surface area contributed by atoms with Crippen molar-refractivity contribution in [2.45, 2.75) is 32.6 Å². The van der Waals surface area contributed by atoms with E-state index in [2.05, 4.69) is 15.9 Å². The molecule has 0 spiro atoms. The normalized spacial score (nSPS) is 22.8. The fourth-order valence-corrected chi connectivity index (χ4v) is 4.21. The molecule has 0 bridgehead atoms. The number of nitrogens with zero attached hydrogens (tertiary/aromatic N) is 1. The third-order valence-electron chi connectivity index (χ3n) is 3.83. The second-order valence-corrected chi connectivity index (χ2v) is 7.73. The highest BCUT2D eigenvalue weighted by molar-refractivity contribution is 9.11. The van der Waals surface area contributed by atoms with E-state index in [-0.39, 0.29) is 5.91 Å². The van der Waals surface area contributed by atoms with Crippen molar-refractivity contribution in [3.63, 3.8) is 0 Å². The van der Waals surface area contributed by atoms with Gasteiger partial charge in [0.2, 0.25) is 0 Å². The van der Waals surface area contributed by atoms with E-state index in [0.29, 0.717) is 30.8 Å². The maximum atomic E-state index is 12.5. The van der Waals surface area contributed by atoms with Gasteiger partial charge in [0.25, 0.3) is 5.91 Å². The number of carbonyl (C=O) groups is 2. The molecule has 2 heterocycles. The van der Waals surface area contributed by atoms with Crippen LogP contribution in [-0.4, -0.2) is 35.0 Å². The molecular weight excluding hydrogens is 342 g/mol. The van der Waals surface area contributed by atoms with Crippen LogP contribution in [0.2, 0.25) is 0 Å². The second-order valence-electron chi connectivity index (χ2n) is 5.27. The molecule has 1 fully saturated rings. The molecule has 1 N–H and O–H groups in total. The Balaban J connectivity index is 2.17. The van der Waals surface area contributed by atoms with Crippen LogP contribution >= 0.6 is 27.3 Å². The van der Waals surface area contributed by atoms with Crippen molar-refractivity contribution in [1.29, 1.82) is 0 Å². The summed E-state index contributed by atoms with van der Waals surface area (Å²) < 4.78 is 0.913. The number of hydrogen-bond donors (Lipinski definition) is 1. The van der Waals surface area contributed by atoms with Crippen LogP contribution in [0.3, 0.4) is 0 Å². The van der Waals surface area contributed by atoms with Crippen molar-refractivity contribution in [2.24, 2.45) is 5.41 Å². The molecule has 0 saturated carbocycles. The standard InChI is InChI=1S/C14H18BrNO3S/c1-2-6-14(13(18)19)7-3-8-16(9-14)12(17)10-4-5-11(15)20-10/h4-5H,2-3,6-9H2,1H3,(H,18,19). The van der Waals surface area contributed by atoms with E-state index in [1.54, 1.807) is 11.0 Å². The van der Waals surface area contributed by atoms with Gasteiger partial charge in [0.15, 0.2) is 0 Å². The molecule has 1 atom stereocenters. The van der Waals surface area contributed by atoms with Gasteiger partial charge in [-0.1, -0.05) is 13.3 Å². The molecule has 1 amide bonds. The zero-order valence-corrected chi connectivity index (χ0v) is 13.8. The van der Waals surface area contributed by atoms with Crippen LogP contribution in [-0.2, 0) is 4.79 Å². The smallest absolute Gasteiger partial charge is 0.311 e. The van der Waals surface area contributed by atoms with Gasteiger partial charge in [-0.3, -0.25) is 9.59 Å². The van der Waals surface area contributed by atoms with Crippen molar-refractivity contribution in [3.8, 4) is 0 Å². The van der Waals surface area contributed by atoms with E-state index < -0.39 is 11.4 Å². The minimum Gasteiger partial charge on any atom is -0.481 e. The van der Waals surface area contributed by atoms with E-state index >= 15 is 0 Å². The highest BCUT2D eigenvalue weighted by Gasteiger charge is 2.43. The molecule has 1 aromatic heterocycles. The number of rotatable bonds is 4. The van der Waals surface area contributed by atoms with Crippen LogP contribution in [0, 0.1) is 5.41 Å². The minimum atomic E-state index is -0.774. The fourth-order valence-electron chi connectivity index (χ4n) is 2.85. The lowest BCUT2D eigenvalue weighted by Gasteiger charge is -2.39. The van der Waals surface area contributed by atoms with Crippen LogP contribution in [0.25, 0.3) is 0 Å². The first-order chi connectivity index (χ1) is 9.48. The maximum Gasteiger partial charge on any atom is 0.311 e. The number of piperidine rings is 1. The van der Waals surface area contributed by atoms with Gasteiger partial charge < -0.3 is 10.0 Å². The largest absolute Gasteiger partial charge is 0.481 e. The van der Waals surface area contributed by atoms with Crippen molar-refractivity contribution in [3.05, 3.63) is 20.8 Å².